The van der Waals surface area contributed by atoms with Gasteiger partial charge in [0.05, 0.1) is 0 Å². The van der Waals surface area contributed by atoms with Crippen LogP contribution in [0.3, 0.4) is 0 Å². The number of esters is 1. The maximum absolute atomic E-state index is 11.9. The van der Waals surface area contributed by atoms with Gasteiger partial charge in [-0.25, -0.2) is 0 Å². The molecule has 0 aromatic carbocycles. The normalized spacial score (nSPS) is 51.1. The Balaban J connectivity index is 1.47. The second-order valence-electron chi connectivity index (χ2n) is 16.1. The molecule has 0 spiro atoms. The van der Waals surface area contributed by atoms with E-state index < -0.39 is 5.97 Å². The topological polar surface area (TPSA) is 63.6 Å². The van der Waals surface area contributed by atoms with E-state index in [9.17, 15) is 14.7 Å². The third-order valence-corrected chi connectivity index (χ3v) is 14.4. The summed E-state index contributed by atoms with van der Waals surface area (Å²) in [7, 11) is 0. The van der Waals surface area contributed by atoms with Gasteiger partial charge in [-0.15, -0.1) is 0 Å². The lowest BCUT2D eigenvalue weighted by atomic mass is 9.32. The van der Waals surface area contributed by atoms with Crippen molar-refractivity contribution in [1.29, 1.82) is 0 Å². The number of fused-ring (bicyclic) bond motifs is 7. The standard InChI is InChI=1S/C33H54O4/c1-20(19-27(35)36)22-11-14-30(5)17-18-32(7)23(28(22)30)9-10-25-31(6)15-13-26(37-21(2)34)29(3,4)24(31)12-16-33(25,32)8/h20,22-26,28H,9-19H2,1-8H3,(H,35,36)/t20-,22-,23+,24-,25+,26+,28+,30+,31-,32+,33+/m0/s1. The minimum absolute atomic E-state index is 0.00566. The van der Waals surface area contributed by atoms with Crippen molar-refractivity contribution in [2.45, 2.75) is 132 Å². The Kier molecular flexibility index (Phi) is 6.48. The van der Waals surface area contributed by atoms with Crippen LogP contribution in [-0.4, -0.2) is 23.1 Å². The lowest BCUT2D eigenvalue weighted by Crippen LogP contribution is -2.66. The van der Waals surface area contributed by atoms with E-state index in [0.717, 1.165) is 6.42 Å². The van der Waals surface area contributed by atoms with Crippen molar-refractivity contribution in [2.24, 2.45) is 62.6 Å². The average Bonchev–Trinajstić information content (AvgIpc) is 3.13. The first-order valence-corrected chi connectivity index (χ1v) is 15.5. The number of ether oxygens (including phenoxy) is 1. The van der Waals surface area contributed by atoms with Gasteiger partial charge in [-0.05, 0) is 121 Å². The lowest BCUT2D eigenvalue weighted by Gasteiger charge is -2.73. The molecule has 0 unspecified atom stereocenters. The number of rotatable bonds is 4. The van der Waals surface area contributed by atoms with Crippen LogP contribution < -0.4 is 0 Å². The second-order valence-corrected chi connectivity index (χ2v) is 16.1. The van der Waals surface area contributed by atoms with E-state index >= 15 is 0 Å². The van der Waals surface area contributed by atoms with Crippen LogP contribution in [0.2, 0.25) is 0 Å². The predicted molar refractivity (Wildman–Crippen MR) is 147 cm³/mol. The fraction of sp³-hybridized carbons (Fsp3) is 0.939. The summed E-state index contributed by atoms with van der Waals surface area (Å²) >= 11 is 0. The molecule has 0 aromatic rings. The summed E-state index contributed by atoms with van der Waals surface area (Å²) in [6, 6.07) is 0. The minimum Gasteiger partial charge on any atom is -0.481 e. The molecule has 5 rings (SSSR count). The van der Waals surface area contributed by atoms with E-state index in [-0.39, 0.29) is 28.8 Å². The summed E-state index contributed by atoms with van der Waals surface area (Å²) in [5.41, 5.74) is 1.31. The fourth-order valence-corrected chi connectivity index (χ4v) is 12.5. The molecule has 1 N–H and O–H groups in total. The largest absolute Gasteiger partial charge is 0.481 e. The van der Waals surface area contributed by atoms with Crippen molar-refractivity contribution in [2.75, 3.05) is 0 Å². The fourth-order valence-electron chi connectivity index (χ4n) is 12.5. The summed E-state index contributed by atoms with van der Waals surface area (Å²) in [5.74, 6) is 2.72. The number of carboxylic acids is 1. The highest BCUT2D eigenvalue weighted by Crippen LogP contribution is 2.77. The highest BCUT2D eigenvalue weighted by Gasteiger charge is 2.70. The summed E-state index contributed by atoms with van der Waals surface area (Å²) < 4.78 is 5.91. The summed E-state index contributed by atoms with van der Waals surface area (Å²) in [6.07, 6.45) is 12.8. The van der Waals surface area contributed by atoms with Gasteiger partial charge in [-0.2, -0.15) is 0 Å². The van der Waals surface area contributed by atoms with Crippen LogP contribution >= 0.6 is 0 Å². The number of hydrogen-bond donors (Lipinski definition) is 1. The molecule has 4 heteroatoms. The van der Waals surface area contributed by atoms with Crippen LogP contribution in [0.5, 0.6) is 0 Å². The van der Waals surface area contributed by atoms with Crippen LogP contribution in [0, 0.1) is 62.6 Å². The smallest absolute Gasteiger partial charge is 0.303 e. The van der Waals surface area contributed by atoms with Crippen molar-refractivity contribution in [1.82, 2.24) is 0 Å². The minimum atomic E-state index is -0.631. The number of carbonyl (C=O) groups excluding carboxylic acids is 1. The van der Waals surface area contributed by atoms with Crippen LogP contribution in [0.25, 0.3) is 0 Å². The molecule has 0 aromatic heterocycles. The van der Waals surface area contributed by atoms with E-state index in [0.29, 0.717) is 52.3 Å². The van der Waals surface area contributed by atoms with Crippen LogP contribution in [-0.2, 0) is 14.3 Å². The molecule has 5 saturated carbocycles. The highest BCUT2D eigenvalue weighted by molar-refractivity contribution is 5.67. The Labute approximate surface area is 226 Å². The van der Waals surface area contributed by atoms with Gasteiger partial charge in [0.1, 0.15) is 6.10 Å². The quantitative estimate of drug-likeness (QED) is 0.385. The third-order valence-electron chi connectivity index (χ3n) is 14.4. The van der Waals surface area contributed by atoms with E-state index in [1.165, 1.54) is 57.8 Å². The van der Waals surface area contributed by atoms with Gasteiger partial charge in [0, 0.05) is 18.8 Å². The van der Waals surface area contributed by atoms with E-state index in [1.54, 1.807) is 6.92 Å². The Bertz CT molecular complexity index is 941. The second kappa shape index (κ2) is 8.72. The van der Waals surface area contributed by atoms with Crippen molar-refractivity contribution >= 4 is 11.9 Å². The molecule has 11 atom stereocenters. The molecule has 5 fully saturated rings. The number of aliphatic carboxylic acids is 1. The zero-order valence-corrected chi connectivity index (χ0v) is 25.0. The molecular formula is C33H54O4. The molecule has 5 aliphatic rings. The number of carboxylic acid groups (broad SMARTS) is 1. The molecule has 37 heavy (non-hydrogen) atoms. The van der Waals surface area contributed by atoms with Gasteiger partial charge in [0.25, 0.3) is 0 Å². The lowest BCUT2D eigenvalue weighted by molar-refractivity contribution is -0.250. The van der Waals surface area contributed by atoms with E-state index in [2.05, 4.69) is 48.5 Å². The molecule has 0 amide bonds. The predicted octanol–water partition coefficient (Wildman–Crippen LogP) is 8.13. The maximum Gasteiger partial charge on any atom is 0.303 e. The van der Waals surface area contributed by atoms with Crippen molar-refractivity contribution in [3.8, 4) is 0 Å². The van der Waals surface area contributed by atoms with Crippen LogP contribution in [0.1, 0.15) is 126 Å². The molecule has 0 bridgehead atoms. The van der Waals surface area contributed by atoms with Crippen LogP contribution in [0.15, 0.2) is 0 Å². The molecule has 210 valence electrons. The van der Waals surface area contributed by atoms with Gasteiger partial charge in [-0.3, -0.25) is 9.59 Å². The van der Waals surface area contributed by atoms with Gasteiger partial charge < -0.3 is 9.84 Å². The SMILES string of the molecule is CC(=O)O[C@@H]1CC[C@]2(C)[C@H]3CC[C@@H]4[C@H]5[C@H]([C@@H](C)CC(=O)O)CC[C@]5(C)CC[C@@]4(C)[C@]3(C)CC[C@H]2C1(C)C. The van der Waals surface area contributed by atoms with Gasteiger partial charge in [-0.1, -0.05) is 48.5 Å². The molecule has 5 aliphatic carbocycles. The first-order chi connectivity index (χ1) is 17.1. The Morgan fingerprint density at radius 1 is 0.838 bits per heavy atom. The average molecular weight is 515 g/mol. The van der Waals surface area contributed by atoms with Gasteiger partial charge >= 0.3 is 11.9 Å². The molecule has 0 heterocycles. The Hall–Kier alpha value is -1.06. The zero-order valence-electron chi connectivity index (χ0n) is 25.0. The molecule has 0 aliphatic heterocycles. The van der Waals surface area contributed by atoms with Crippen molar-refractivity contribution in [3.63, 3.8) is 0 Å². The summed E-state index contributed by atoms with van der Waals surface area (Å²) in [5, 5.41) is 9.60. The van der Waals surface area contributed by atoms with E-state index in [1.807, 2.05) is 0 Å². The van der Waals surface area contributed by atoms with Crippen LogP contribution in [0.4, 0.5) is 0 Å². The maximum atomic E-state index is 11.9. The summed E-state index contributed by atoms with van der Waals surface area (Å²) in [6.45, 7) is 19.0. The zero-order chi connectivity index (χ0) is 27.2. The van der Waals surface area contributed by atoms with Gasteiger partial charge in [0.15, 0.2) is 0 Å². The number of carbonyl (C=O) groups is 2. The Morgan fingerprint density at radius 2 is 1.54 bits per heavy atom. The molecular weight excluding hydrogens is 460 g/mol. The van der Waals surface area contributed by atoms with Crippen molar-refractivity contribution in [3.05, 3.63) is 0 Å². The van der Waals surface area contributed by atoms with Gasteiger partial charge in [0.2, 0.25) is 0 Å². The molecule has 4 nitrogen and oxygen atoms in total. The Morgan fingerprint density at radius 3 is 2.19 bits per heavy atom. The van der Waals surface area contributed by atoms with Crippen molar-refractivity contribution < 1.29 is 19.4 Å². The number of hydrogen-bond acceptors (Lipinski definition) is 3. The monoisotopic (exact) mass is 514 g/mol. The highest BCUT2D eigenvalue weighted by atomic mass is 16.5. The molecule has 0 radical (unpaired) electrons. The first-order valence-electron chi connectivity index (χ1n) is 15.5. The third kappa shape index (κ3) is 3.80. The first kappa shape index (κ1) is 27.5. The molecule has 0 saturated heterocycles. The summed E-state index contributed by atoms with van der Waals surface area (Å²) in [4.78, 5) is 23.6. The van der Waals surface area contributed by atoms with E-state index in [4.69, 9.17) is 4.74 Å².